The van der Waals surface area contributed by atoms with E-state index in [2.05, 4.69) is 30.5 Å². The van der Waals surface area contributed by atoms with Gasteiger partial charge in [0.15, 0.2) is 0 Å². The molecular formula is C18H24N2O2S. The van der Waals surface area contributed by atoms with Gasteiger partial charge in [0.25, 0.3) is 0 Å². The zero-order valence-electron chi connectivity index (χ0n) is 13.8. The van der Waals surface area contributed by atoms with Gasteiger partial charge in [-0.15, -0.1) is 11.3 Å². The smallest absolute Gasteiger partial charge is 0.315 e. The number of amides is 2. The summed E-state index contributed by atoms with van der Waals surface area (Å²) in [6.07, 6.45) is 1.70. The van der Waals surface area contributed by atoms with Crippen LogP contribution in [0.5, 0.6) is 5.75 Å². The van der Waals surface area contributed by atoms with Gasteiger partial charge in [0, 0.05) is 4.88 Å². The highest BCUT2D eigenvalue weighted by atomic mass is 32.1. The van der Waals surface area contributed by atoms with Gasteiger partial charge in [0.2, 0.25) is 0 Å². The van der Waals surface area contributed by atoms with E-state index in [-0.39, 0.29) is 18.1 Å². The van der Waals surface area contributed by atoms with Crippen molar-refractivity contribution in [1.29, 1.82) is 0 Å². The second-order valence-corrected chi connectivity index (χ2v) is 6.31. The van der Waals surface area contributed by atoms with Crippen LogP contribution in [-0.4, -0.2) is 13.1 Å². The van der Waals surface area contributed by atoms with E-state index < -0.39 is 0 Å². The standard InChI is InChI=1S/C18H24N2O2S/c1-4-15(13-8-10-14(22-3)11-9-13)19-18(21)20-16(5-2)17-7-6-12-23-17/h6-12,15-16H,4-5H2,1-3H3,(H2,19,20,21). The number of carbonyl (C=O) groups is 1. The van der Waals surface area contributed by atoms with Crippen molar-refractivity contribution in [2.24, 2.45) is 0 Å². The Balaban J connectivity index is 1.98. The Kier molecular flexibility index (Phi) is 6.47. The van der Waals surface area contributed by atoms with Crippen LogP contribution in [-0.2, 0) is 0 Å². The van der Waals surface area contributed by atoms with E-state index in [0.29, 0.717) is 0 Å². The van der Waals surface area contributed by atoms with Crippen LogP contribution in [0.15, 0.2) is 41.8 Å². The Bertz CT molecular complexity index is 596. The van der Waals surface area contributed by atoms with E-state index in [1.807, 2.05) is 35.7 Å². The van der Waals surface area contributed by atoms with Crippen LogP contribution in [0.1, 0.15) is 49.2 Å². The number of hydrogen-bond acceptors (Lipinski definition) is 3. The molecule has 124 valence electrons. The predicted molar refractivity (Wildman–Crippen MR) is 95.0 cm³/mol. The molecule has 0 saturated carbocycles. The fourth-order valence-corrected chi connectivity index (χ4v) is 3.34. The lowest BCUT2D eigenvalue weighted by atomic mass is 10.0. The van der Waals surface area contributed by atoms with E-state index in [0.717, 1.165) is 24.2 Å². The van der Waals surface area contributed by atoms with E-state index in [1.54, 1.807) is 18.4 Å². The van der Waals surface area contributed by atoms with Crippen LogP contribution in [0.4, 0.5) is 4.79 Å². The van der Waals surface area contributed by atoms with E-state index in [1.165, 1.54) is 4.88 Å². The van der Waals surface area contributed by atoms with Gasteiger partial charge in [-0.25, -0.2) is 4.79 Å². The molecule has 2 atom stereocenters. The van der Waals surface area contributed by atoms with Gasteiger partial charge < -0.3 is 15.4 Å². The van der Waals surface area contributed by atoms with Gasteiger partial charge in [0.05, 0.1) is 19.2 Å². The van der Waals surface area contributed by atoms with Crippen LogP contribution < -0.4 is 15.4 Å². The third-order valence-electron chi connectivity index (χ3n) is 3.83. The molecule has 0 saturated heterocycles. The molecule has 0 aliphatic heterocycles. The van der Waals surface area contributed by atoms with Gasteiger partial charge in [0.1, 0.15) is 5.75 Å². The first-order valence-electron chi connectivity index (χ1n) is 7.92. The summed E-state index contributed by atoms with van der Waals surface area (Å²) < 4.78 is 5.17. The molecule has 0 aliphatic carbocycles. The molecule has 0 aliphatic rings. The maximum atomic E-state index is 12.3. The second kappa shape index (κ2) is 8.58. The lowest BCUT2D eigenvalue weighted by Gasteiger charge is -2.21. The molecule has 0 spiro atoms. The summed E-state index contributed by atoms with van der Waals surface area (Å²) in [6, 6.07) is 11.8. The van der Waals surface area contributed by atoms with Gasteiger partial charge in [-0.2, -0.15) is 0 Å². The molecule has 1 heterocycles. The maximum Gasteiger partial charge on any atom is 0.315 e. The average molecular weight is 332 g/mol. The molecule has 1 aromatic carbocycles. The second-order valence-electron chi connectivity index (χ2n) is 5.33. The zero-order valence-corrected chi connectivity index (χ0v) is 14.7. The first-order chi connectivity index (χ1) is 11.2. The fraction of sp³-hybridized carbons (Fsp3) is 0.389. The minimum Gasteiger partial charge on any atom is -0.497 e. The largest absolute Gasteiger partial charge is 0.497 e. The molecule has 2 aromatic rings. The Hall–Kier alpha value is -2.01. The van der Waals surface area contributed by atoms with Crippen molar-refractivity contribution in [2.75, 3.05) is 7.11 Å². The van der Waals surface area contributed by atoms with Crippen LogP contribution in [0.2, 0.25) is 0 Å². The highest BCUT2D eigenvalue weighted by molar-refractivity contribution is 7.10. The number of ether oxygens (including phenoxy) is 1. The van der Waals surface area contributed by atoms with Gasteiger partial charge in [-0.1, -0.05) is 32.0 Å². The summed E-state index contributed by atoms with van der Waals surface area (Å²) in [5, 5.41) is 8.15. The zero-order chi connectivity index (χ0) is 16.7. The molecule has 2 amide bonds. The lowest BCUT2D eigenvalue weighted by Crippen LogP contribution is -2.39. The summed E-state index contributed by atoms with van der Waals surface area (Å²) in [4.78, 5) is 13.5. The molecule has 4 nitrogen and oxygen atoms in total. The van der Waals surface area contributed by atoms with Crippen LogP contribution in [0.25, 0.3) is 0 Å². The Labute approximate surface area is 141 Å². The molecule has 0 bridgehead atoms. The normalized spacial score (nSPS) is 13.2. The summed E-state index contributed by atoms with van der Waals surface area (Å²) in [5.41, 5.74) is 1.08. The fourth-order valence-electron chi connectivity index (χ4n) is 2.48. The quantitative estimate of drug-likeness (QED) is 0.775. The van der Waals surface area contributed by atoms with E-state index >= 15 is 0 Å². The minimum absolute atomic E-state index is 0.0123. The number of benzene rings is 1. The van der Waals surface area contributed by atoms with Crippen LogP contribution in [0, 0.1) is 0 Å². The van der Waals surface area contributed by atoms with Crippen LogP contribution in [0.3, 0.4) is 0 Å². The number of thiophene rings is 1. The summed E-state index contributed by atoms with van der Waals surface area (Å²) in [6.45, 7) is 4.14. The van der Waals surface area contributed by atoms with Crippen molar-refractivity contribution in [3.8, 4) is 5.75 Å². The third-order valence-corrected chi connectivity index (χ3v) is 4.82. The molecule has 2 rings (SSSR count). The summed E-state index contributed by atoms with van der Waals surface area (Å²) in [5.74, 6) is 0.816. The topological polar surface area (TPSA) is 50.4 Å². The highest BCUT2D eigenvalue weighted by Gasteiger charge is 2.17. The number of rotatable bonds is 7. The van der Waals surface area contributed by atoms with Crippen LogP contribution >= 0.6 is 11.3 Å². The van der Waals surface area contributed by atoms with Crippen molar-refractivity contribution in [2.45, 2.75) is 38.8 Å². The maximum absolute atomic E-state index is 12.3. The summed E-state index contributed by atoms with van der Waals surface area (Å²) >= 11 is 1.67. The Morgan fingerprint density at radius 1 is 1.09 bits per heavy atom. The first-order valence-corrected chi connectivity index (χ1v) is 8.80. The first kappa shape index (κ1) is 17.3. The summed E-state index contributed by atoms with van der Waals surface area (Å²) in [7, 11) is 1.65. The van der Waals surface area contributed by atoms with E-state index in [9.17, 15) is 4.79 Å². The highest BCUT2D eigenvalue weighted by Crippen LogP contribution is 2.23. The van der Waals surface area contributed by atoms with Gasteiger partial charge >= 0.3 is 6.03 Å². The Morgan fingerprint density at radius 3 is 2.26 bits per heavy atom. The van der Waals surface area contributed by atoms with E-state index in [4.69, 9.17) is 4.74 Å². The van der Waals surface area contributed by atoms with Crippen molar-refractivity contribution in [3.63, 3.8) is 0 Å². The molecular weight excluding hydrogens is 308 g/mol. The Morgan fingerprint density at radius 2 is 1.74 bits per heavy atom. The van der Waals surface area contributed by atoms with Crippen molar-refractivity contribution < 1.29 is 9.53 Å². The predicted octanol–water partition coefficient (Wildman–Crippen LogP) is 4.66. The molecule has 1 aromatic heterocycles. The number of nitrogens with one attached hydrogen (secondary N) is 2. The molecule has 0 radical (unpaired) electrons. The minimum atomic E-state index is -0.132. The molecule has 0 fully saturated rings. The monoisotopic (exact) mass is 332 g/mol. The molecule has 2 unspecified atom stereocenters. The number of hydrogen-bond donors (Lipinski definition) is 2. The van der Waals surface area contributed by atoms with Crippen molar-refractivity contribution >= 4 is 17.4 Å². The average Bonchev–Trinajstić information content (AvgIpc) is 3.12. The number of urea groups is 1. The van der Waals surface area contributed by atoms with Gasteiger partial charge in [-0.05, 0) is 42.0 Å². The third kappa shape index (κ3) is 4.73. The van der Waals surface area contributed by atoms with Crippen molar-refractivity contribution in [1.82, 2.24) is 10.6 Å². The SMILES string of the molecule is CCC(NC(=O)NC(CC)c1cccs1)c1ccc(OC)cc1. The molecule has 23 heavy (non-hydrogen) atoms. The van der Waals surface area contributed by atoms with Gasteiger partial charge in [-0.3, -0.25) is 0 Å². The number of carbonyl (C=O) groups excluding carboxylic acids is 1. The lowest BCUT2D eigenvalue weighted by molar-refractivity contribution is 0.232. The molecule has 5 heteroatoms. The molecule has 2 N–H and O–H groups in total. The van der Waals surface area contributed by atoms with Crippen molar-refractivity contribution in [3.05, 3.63) is 52.2 Å². The number of methoxy groups -OCH3 is 1.